The Hall–Kier alpha value is -5.12. The van der Waals surface area contributed by atoms with Gasteiger partial charge in [0.2, 0.25) is 5.78 Å². The molecule has 5 aromatic rings. The van der Waals surface area contributed by atoms with E-state index in [1.165, 1.54) is 24.8 Å². The van der Waals surface area contributed by atoms with E-state index in [1.807, 2.05) is 6.07 Å². The van der Waals surface area contributed by atoms with Crippen molar-refractivity contribution in [1.82, 2.24) is 14.1 Å². The Morgan fingerprint density at radius 1 is 1.00 bits per heavy atom. The van der Waals surface area contributed by atoms with Crippen LogP contribution in [-0.4, -0.2) is 36.6 Å². The summed E-state index contributed by atoms with van der Waals surface area (Å²) >= 11 is 0. The fraction of sp³-hybridized carbons (Fsp3) is 0.250. The number of carbonyl (C=O) groups is 2. The SMILES string of the molecule is CCCCC(CC)Cn1c2ccc(C(=O)/C(=N/OC(=O)n3ccnc3)c3ccccc3)cc2c2cc([N+](=O)[O-])ccc21. The number of oxime groups is 1. The van der Waals surface area contributed by atoms with Gasteiger partial charge in [0.25, 0.3) is 5.69 Å². The van der Waals surface area contributed by atoms with Crippen LogP contribution >= 0.6 is 0 Å². The Bertz CT molecular complexity index is 1770. The molecule has 0 aliphatic rings. The van der Waals surface area contributed by atoms with Crippen molar-refractivity contribution in [1.29, 1.82) is 0 Å². The summed E-state index contributed by atoms with van der Waals surface area (Å²) in [5, 5.41) is 17.0. The molecule has 214 valence electrons. The Morgan fingerprint density at radius 2 is 1.74 bits per heavy atom. The molecule has 1 atom stereocenters. The van der Waals surface area contributed by atoms with E-state index in [2.05, 4.69) is 28.6 Å². The van der Waals surface area contributed by atoms with Gasteiger partial charge >= 0.3 is 6.09 Å². The van der Waals surface area contributed by atoms with Crippen molar-refractivity contribution in [2.24, 2.45) is 11.1 Å². The number of rotatable bonds is 11. The normalized spacial score (nSPS) is 12.5. The van der Waals surface area contributed by atoms with E-state index < -0.39 is 16.8 Å². The molecule has 0 fully saturated rings. The Labute approximate surface area is 242 Å². The van der Waals surface area contributed by atoms with Crippen LogP contribution in [0.3, 0.4) is 0 Å². The first kappa shape index (κ1) is 28.4. The average Bonchev–Trinajstić information content (AvgIpc) is 3.66. The van der Waals surface area contributed by atoms with Gasteiger partial charge in [-0.1, -0.05) is 68.6 Å². The van der Waals surface area contributed by atoms with Crippen molar-refractivity contribution in [3.8, 4) is 0 Å². The molecule has 0 radical (unpaired) electrons. The van der Waals surface area contributed by atoms with Crippen molar-refractivity contribution in [3.05, 3.63) is 107 Å². The summed E-state index contributed by atoms with van der Waals surface area (Å²) in [6.07, 6.45) is 7.65. The highest BCUT2D eigenvalue weighted by atomic mass is 16.7. The van der Waals surface area contributed by atoms with Gasteiger partial charge in [-0.15, -0.1) is 0 Å². The molecule has 10 nitrogen and oxygen atoms in total. The van der Waals surface area contributed by atoms with E-state index >= 15 is 0 Å². The molecule has 2 heterocycles. The second-order valence-electron chi connectivity index (χ2n) is 10.2. The van der Waals surface area contributed by atoms with Crippen LogP contribution in [0.2, 0.25) is 0 Å². The zero-order chi connectivity index (χ0) is 29.6. The summed E-state index contributed by atoms with van der Waals surface area (Å²) in [5.41, 5.74) is 2.48. The number of nitrogens with zero attached hydrogens (tertiary/aromatic N) is 5. The van der Waals surface area contributed by atoms with Crippen molar-refractivity contribution in [2.75, 3.05) is 0 Å². The van der Waals surface area contributed by atoms with Crippen LogP contribution in [0.4, 0.5) is 10.5 Å². The molecule has 42 heavy (non-hydrogen) atoms. The second kappa shape index (κ2) is 12.6. The predicted octanol–water partition coefficient (Wildman–Crippen LogP) is 7.39. The third kappa shape index (κ3) is 5.83. The van der Waals surface area contributed by atoms with Gasteiger partial charge in [0.15, 0.2) is 5.71 Å². The summed E-state index contributed by atoms with van der Waals surface area (Å²) in [4.78, 5) is 46.5. The number of carbonyl (C=O) groups excluding carboxylic acids is 2. The summed E-state index contributed by atoms with van der Waals surface area (Å²) in [5.74, 6) is -0.00973. The number of benzene rings is 3. The minimum atomic E-state index is -0.812. The second-order valence-corrected chi connectivity index (χ2v) is 10.2. The minimum Gasteiger partial charge on any atom is -0.340 e. The Kier molecular flexibility index (Phi) is 8.52. The van der Waals surface area contributed by atoms with Crippen LogP contribution in [0.5, 0.6) is 0 Å². The van der Waals surface area contributed by atoms with Crippen LogP contribution in [-0.2, 0) is 11.4 Å². The molecule has 0 aliphatic heterocycles. The summed E-state index contributed by atoms with van der Waals surface area (Å²) in [6, 6.07) is 18.9. The number of fused-ring (bicyclic) bond motifs is 3. The molecule has 0 N–H and O–H groups in total. The van der Waals surface area contributed by atoms with Gasteiger partial charge in [0, 0.05) is 64.0 Å². The predicted molar refractivity (Wildman–Crippen MR) is 161 cm³/mol. The fourth-order valence-electron chi connectivity index (χ4n) is 5.18. The number of non-ortho nitro benzene ring substituents is 1. The van der Waals surface area contributed by atoms with Gasteiger partial charge in [0.1, 0.15) is 6.33 Å². The quantitative estimate of drug-likeness (QED) is 0.0541. The number of unbranched alkanes of at least 4 members (excludes halogenated alkanes) is 1. The molecular weight excluding hydrogens is 534 g/mol. The number of nitro groups is 1. The Morgan fingerprint density at radius 3 is 2.40 bits per heavy atom. The van der Waals surface area contributed by atoms with Crippen LogP contribution < -0.4 is 0 Å². The molecule has 0 bridgehead atoms. The number of aromatic nitrogens is 3. The number of ketones is 1. The van der Waals surface area contributed by atoms with E-state index in [9.17, 15) is 19.7 Å². The smallest absolute Gasteiger partial charge is 0.340 e. The zero-order valence-corrected chi connectivity index (χ0v) is 23.5. The van der Waals surface area contributed by atoms with Crippen LogP contribution in [0.25, 0.3) is 21.8 Å². The first-order chi connectivity index (χ1) is 20.4. The molecule has 0 aliphatic carbocycles. The van der Waals surface area contributed by atoms with E-state index in [1.54, 1.807) is 54.6 Å². The Balaban J connectivity index is 1.60. The molecular formula is C32H31N5O5. The molecule has 3 aromatic carbocycles. The molecule has 0 saturated heterocycles. The molecule has 0 amide bonds. The molecule has 0 saturated carbocycles. The summed E-state index contributed by atoms with van der Waals surface area (Å²) in [6.45, 7) is 5.12. The van der Waals surface area contributed by atoms with Gasteiger partial charge in [-0.2, -0.15) is 0 Å². The molecule has 5 rings (SSSR count). The van der Waals surface area contributed by atoms with Gasteiger partial charge in [-0.05, 0) is 36.6 Å². The maximum Gasteiger partial charge on any atom is 0.445 e. The maximum atomic E-state index is 13.9. The van der Waals surface area contributed by atoms with Crippen molar-refractivity contribution >= 4 is 45.1 Å². The van der Waals surface area contributed by atoms with E-state index in [-0.39, 0.29) is 11.4 Å². The molecule has 2 aromatic heterocycles. The minimum absolute atomic E-state index is 0.0192. The topological polar surface area (TPSA) is 122 Å². The molecule has 0 spiro atoms. The number of nitro benzene ring substituents is 1. The maximum absolute atomic E-state index is 13.9. The van der Waals surface area contributed by atoms with E-state index in [0.717, 1.165) is 53.2 Å². The average molecular weight is 566 g/mol. The molecule has 10 heteroatoms. The monoisotopic (exact) mass is 565 g/mol. The first-order valence-corrected chi connectivity index (χ1v) is 14.0. The van der Waals surface area contributed by atoms with Crippen LogP contribution in [0.15, 0.2) is 90.6 Å². The van der Waals surface area contributed by atoms with Crippen LogP contribution in [0.1, 0.15) is 55.5 Å². The third-order valence-electron chi connectivity index (χ3n) is 7.50. The van der Waals surface area contributed by atoms with Crippen molar-refractivity contribution < 1.29 is 19.3 Å². The number of hydrogen-bond donors (Lipinski definition) is 0. The molecule has 1 unspecified atom stereocenters. The van der Waals surface area contributed by atoms with Crippen molar-refractivity contribution in [2.45, 2.75) is 46.1 Å². The standard InChI is InChI=1S/C32H31N5O5/c1-3-5-9-22(4-2)20-36-28-14-12-24(18-26(28)27-19-25(37(40)41)13-15-29(27)36)31(38)30(23-10-7-6-8-11-23)34-42-32(39)35-17-16-33-21-35/h6-8,10-19,21-22H,3-5,9,20H2,1-2H3/b34-30+. The lowest BCUT2D eigenvalue weighted by Crippen LogP contribution is -2.18. The van der Waals surface area contributed by atoms with E-state index in [0.29, 0.717) is 22.4 Å². The van der Waals surface area contributed by atoms with Gasteiger partial charge < -0.3 is 4.57 Å². The highest BCUT2D eigenvalue weighted by Crippen LogP contribution is 2.34. The van der Waals surface area contributed by atoms with Crippen LogP contribution in [0, 0.1) is 16.0 Å². The largest absolute Gasteiger partial charge is 0.445 e. The lowest BCUT2D eigenvalue weighted by molar-refractivity contribution is -0.384. The number of Topliss-reactive ketones (excluding diaryl/α,β-unsaturated/α-hetero) is 1. The lowest BCUT2D eigenvalue weighted by Gasteiger charge is -2.17. The van der Waals surface area contributed by atoms with Gasteiger partial charge in [0.05, 0.1) is 4.92 Å². The third-order valence-corrected chi connectivity index (χ3v) is 7.50. The summed E-state index contributed by atoms with van der Waals surface area (Å²) in [7, 11) is 0. The number of hydrogen-bond acceptors (Lipinski definition) is 7. The highest BCUT2D eigenvalue weighted by molar-refractivity contribution is 6.51. The van der Waals surface area contributed by atoms with Crippen molar-refractivity contribution in [3.63, 3.8) is 0 Å². The fourth-order valence-corrected chi connectivity index (χ4v) is 5.18. The summed E-state index contributed by atoms with van der Waals surface area (Å²) < 4.78 is 3.31. The van der Waals surface area contributed by atoms with Gasteiger partial charge in [-0.3, -0.25) is 19.7 Å². The first-order valence-electron chi connectivity index (χ1n) is 14.0. The van der Waals surface area contributed by atoms with Gasteiger partial charge in [-0.25, -0.2) is 14.3 Å². The van der Waals surface area contributed by atoms with E-state index in [4.69, 9.17) is 4.84 Å². The zero-order valence-electron chi connectivity index (χ0n) is 23.5. The highest BCUT2D eigenvalue weighted by Gasteiger charge is 2.22. The number of imidazole rings is 1. The lowest BCUT2D eigenvalue weighted by atomic mass is 9.98.